The molecule has 8 nitrogen and oxygen atoms in total. The number of para-hydroxylation sites is 2. The quantitative estimate of drug-likeness (QED) is 0.778. The van der Waals surface area contributed by atoms with E-state index < -0.39 is 0 Å². The van der Waals surface area contributed by atoms with Gasteiger partial charge < -0.3 is 19.3 Å². The van der Waals surface area contributed by atoms with Gasteiger partial charge in [0.2, 0.25) is 5.91 Å². The smallest absolute Gasteiger partial charge is 0.258 e. The first-order valence-electron chi connectivity index (χ1n) is 7.75. The number of nitrogens with one attached hydrogen (secondary N) is 1. The largest absolute Gasteiger partial charge is 0.493 e. The highest BCUT2D eigenvalue weighted by Crippen LogP contribution is 2.25. The molecule has 1 aromatic heterocycles. The number of aromatic nitrogens is 1. The highest BCUT2D eigenvalue weighted by molar-refractivity contribution is 5.90. The van der Waals surface area contributed by atoms with Crippen LogP contribution in [-0.2, 0) is 9.59 Å². The second kappa shape index (κ2) is 8.72. The molecule has 1 heterocycles. The third kappa shape index (κ3) is 5.23. The first-order chi connectivity index (χ1) is 12.0. The van der Waals surface area contributed by atoms with E-state index in [1.807, 2.05) is 6.07 Å². The van der Waals surface area contributed by atoms with Gasteiger partial charge in [-0.05, 0) is 19.1 Å². The summed E-state index contributed by atoms with van der Waals surface area (Å²) in [4.78, 5) is 25.0. The van der Waals surface area contributed by atoms with Crippen molar-refractivity contribution >= 4 is 17.6 Å². The molecule has 134 valence electrons. The van der Waals surface area contributed by atoms with Crippen molar-refractivity contribution in [3.63, 3.8) is 0 Å². The van der Waals surface area contributed by atoms with Crippen LogP contribution in [0, 0.1) is 6.92 Å². The monoisotopic (exact) mass is 347 g/mol. The lowest BCUT2D eigenvalue weighted by Crippen LogP contribution is -2.39. The zero-order valence-corrected chi connectivity index (χ0v) is 14.4. The van der Waals surface area contributed by atoms with Crippen molar-refractivity contribution in [3.05, 3.63) is 36.1 Å². The Bertz CT molecular complexity index is 729. The molecule has 0 bridgehead atoms. The first-order valence-corrected chi connectivity index (χ1v) is 7.75. The molecule has 0 unspecified atom stereocenters. The zero-order valence-electron chi connectivity index (χ0n) is 14.4. The summed E-state index contributed by atoms with van der Waals surface area (Å²) in [5.41, 5.74) is 0. The Balaban J connectivity index is 1.80. The summed E-state index contributed by atoms with van der Waals surface area (Å²) in [6.07, 6.45) is 0. The topological polar surface area (TPSA) is 93.9 Å². The number of aryl methyl sites for hydroxylation is 1. The van der Waals surface area contributed by atoms with Crippen LogP contribution in [0.15, 0.2) is 34.9 Å². The second-order valence-electron chi connectivity index (χ2n) is 5.26. The molecule has 0 aliphatic heterocycles. The van der Waals surface area contributed by atoms with Gasteiger partial charge in [-0.25, -0.2) is 0 Å². The molecule has 8 heteroatoms. The van der Waals surface area contributed by atoms with Gasteiger partial charge in [-0.2, -0.15) is 0 Å². The Hall–Kier alpha value is -3.03. The molecule has 2 rings (SSSR count). The minimum absolute atomic E-state index is 0.149. The molecule has 0 aliphatic carbocycles. The molecule has 2 aromatic rings. The third-order valence-electron chi connectivity index (χ3n) is 3.36. The van der Waals surface area contributed by atoms with Crippen LogP contribution in [-0.4, -0.2) is 43.8 Å². The van der Waals surface area contributed by atoms with Crippen molar-refractivity contribution in [2.45, 2.75) is 13.8 Å². The van der Waals surface area contributed by atoms with Crippen LogP contribution < -0.4 is 19.7 Å². The van der Waals surface area contributed by atoms with E-state index in [1.54, 1.807) is 31.2 Å². The lowest BCUT2D eigenvalue weighted by molar-refractivity contribution is -0.123. The number of nitrogens with zero attached hydrogens (tertiary/aromatic N) is 2. The summed E-state index contributed by atoms with van der Waals surface area (Å²) in [6.45, 7) is 3.56. The lowest BCUT2D eigenvalue weighted by atomic mass is 10.3. The molecule has 1 aromatic carbocycles. The maximum atomic E-state index is 11.9. The minimum Gasteiger partial charge on any atom is -0.493 e. The number of carbonyl (C=O) groups is 2. The van der Waals surface area contributed by atoms with Gasteiger partial charge in [-0.15, -0.1) is 0 Å². The van der Waals surface area contributed by atoms with Gasteiger partial charge in [0.25, 0.3) is 5.91 Å². The number of hydrogen-bond donors (Lipinski definition) is 1. The van der Waals surface area contributed by atoms with Crippen molar-refractivity contribution in [1.82, 2.24) is 10.5 Å². The summed E-state index contributed by atoms with van der Waals surface area (Å²) in [7, 11) is 1.53. The van der Waals surface area contributed by atoms with Gasteiger partial charge in [-0.3, -0.25) is 14.5 Å². The van der Waals surface area contributed by atoms with Gasteiger partial charge >= 0.3 is 0 Å². The molecule has 0 saturated carbocycles. The van der Waals surface area contributed by atoms with E-state index in [-0.39, 0.29) is 31.5 Å². The van der Waals surface area contributed by atoms with Gasteiger partial charge in [0.1, 0.15) is 5.76 Å². The number of benzene rings is 1. The number of rotatable bonds is 8. The summed E-state index contributed by atoms with van der Waals surface area (Å²) < 4.78 is 15.6. The molecule has 0 saturated heterocycles. The average molecular weight is 347 g/mol. The Morgan fingerprint density at radius 3 is 2.60 bits per heavy atom. The van der Waals surface area contributed by atoms with E-state index in [2.05, 4.69) is 10.5 Å². The summed E-state index contributed by atoms with van der Waals surface area (Å²) in [5.74, 6) is 1.58. The maximum Gasteiger partial charge on any atom is 0.258 e. The van der Waals surface area contributed by atoms with E-state index >= 15 is 0 Å². The van der Waals surface area contributed by atoms with Crippen molar-refractivity contribution in [1.29, 1.82) is 0 Å². The van der Waals surface area contributed by atoms with Gasteiger partial charge in [0.15, 0.2) is 23.9 Å². The van der Waals surface area contributed by atoms with E-state index in [0.717, 1.165) is 0 Å². The Kier molecular flexibility index (Phi) is 6.39. The Labute approximate surface area is 145 Å². The van der Waals surface area contributed by atoms with Crippen molar-refractivity contribution in [2.75, 3.05) is 31.7 Å². The normalized spacial score (nSPS) is 10.2. The van der Waals surface area contributed by atoms with Crippen LogP contribution in [0.4, 0.5) is 5.82 Å². The number of methoxy groups -OCH3 is 1. The SMILES string of the molecule is COc1ccccc1OCC(=O)NCCN(C(C)=O)c1cc(C)on1. The summed E-state index contributed by atoms with van der Waals surface area (Å²) in [5, 5.41) is 6.50. The zero-order chi connectivity index (χ0) is 18.2. The van der Waals surface area contributed by atoms with Crippen LogP contribution >= 0.6 is 0 Å². The molecular weight excluding hydrogens is 326 g/mol. The van der Waals surface area contributed by atoms with Crippen LogP contribution in [0.25, 0.3) is 0 Å². The number of anilines is 1. The molecule has 25 heavy (non-hydrogen) atoms. The van der Waals surface area contributed by atoms with Crippen LogP contribution in [0.5, 0.6) is 11.5 Å². The number of amides is 2. The fourth-order valence-corrected chi connectivity index (χ4v) is 2.15. The second-order valence-corrected chi connectivity index (χ2v) is 5.26. The molecule has 0 spiro atoms. The standard InChI is InChI=1S/C17H21N3O5/c1-12-10-16(19-25-12)20(13(2)21)9-8-18-17(22)11-24-15-7-5-4-6-14(15)23-3/h4-7,10H,8-9,11H2,1-3H3,(H,18,22). The maximum absolute atomic E-state index is 11.9. The third-order valence-corrected chi connectivity index (χ3v) is 3.36. The average Bonchev–Trinajstić information content (AvgIpc) is 3.02. The minimum atomic E-state index is -0.300. The van der Waals surface area contributed by atoms with Crippen LogP contribution in [0.2, 0.25) is 0 Å². The molecule has 2 amide bonds. The van der Waals surface area contributed by atoms with Gasteiger partial charge in [-0.1, -0.05) is 17.3 Å². The van der Waals surface area contributed by atoms with Gasteiger partial charge in [0, 0.05) is 26.1 Å². The van der Waals surface area contributed by atoms with E-state index in [9.17, 15) is 9.59 Å². The van der Waals surface area contributed by atoms with Crippen molar-refractivity contribution in [2.24, 2.45) is 0 Å². The first kappa shape index (κ1) is 18.3. The number of carbonyl (C=O) groups excluding carboxylic acids is 2. The predicted octanol–water partition coefficient (Wildman–Crippen LogP) is 1.54. The number of hydrogen-bond acceptors (Lipinski definition) is 6. The molecule has 0 aliphatic rings. The van der Waals surface area contributed by atoms with E-state index in [0.29, 0.717) is 23.1 Å². The lowest BCUT2D eigenvalue weighted by Gasteiger charge is -2.18. The Morgan fingerprint density at radius 2 is 2.00 bits per heavy atom. The van der Waals surface area contributed by atoms with E-state index in [4.69, 9.17) is 14.0 Å². The van der Waals surface area contributed by atoms with Gasteiger partial charge in [0.05, 0.1) is 7.11 Å². The molecule has 0 fully saturated rings. The van der Waals surface area contributed by atoms with Crippen molar-refractivity contribution in [3.8, 4) is 11.5 Å². The predicted molar refractivity (Wildman–Crippen MR) is 90.8 cm³/mol. The fourth-order valence-electron chi connectivity index (χ4n) is 2.15. The van der Waals surface area contributed by atoms with Crippen molar-refractivity contribution < 1.29 is 23.6 Å². The van der Waals surface area contributed by atoms with E-state index in [1.165, 1.54) is 18.9 Å². The van der Waals surface area contributed by atoms with Crippen LogP contribution in [0.1, 0.15) is 12.7 Å². The summed E-state index contributed by atoms with van der Waals surface area (Å²) >= 11 is 0. The summed E-state index contributed by atoms with van der Waals surface area (Å²) in [6, 6.07) is 8.73. The highest BCUT2D eigenvalue weighted by Gasteiger charge is 2.15. The fraction of sp³-hybridized carbons (Fsp3) is 0.353. The molecule has 1 N–H and O–H groups in total. The molecule has 0 atom stereocenters. The molecule has 0 radical (unpaired) electrons. The molecular formula is C17H21N3O5. The highest BCUT2D eigenvalue weighted by atomic mass is 16.5. The Morgan fingerprint density at radius 1 is 1.28 bits per heavy atom. The van der Waals surface area contributed by atoms with Crippen LogP contribution in [0.3, 0.4) is 0 Å². The number of ether oxygens (including phenoxy) is 2.